The quantitative estimate of drug-likeness (QED) is 0.227. The Balaban J connectivity index is 1.65. The largest absolute Gasteiger partial charge is 0.493 e. The fourth-order valence-corrected chi connectivity index (χ4v) is 5.08. The van der Waals surface area contributed by atoms with Gasteiger partial charge in [-0.05, 0) is 19.0 Å². The smallest absolute Gasteiger partial charge is 0.359 e. The van der Waals surface area contributed by atoms with Crippen molar-refractivity contribution in [1.82, 2.24) is 20.0 Å². The van der Waals surface area contributed by atoms with E-state index in [0.717, 1.165) is 34.9 Å². The zero-order valence-electron chi connectivity index (χ0n) is 22.0. The minimum atomic E-state index is -1.19. The van der Waals surface area contributed by atoms with Crippen LogP contribution in [0.1, 0.15) is 28.7 Å². The molecule has 0 saturated heterocycles. The Kier molecular flexibility index (Phi) is 7.79. The summed E-state index contributed by atoms with van der Waals surface area (Å²) in [5.74, 6) is 0.797. The highest BCUT2D eigenvalue weighted by Gasteiger charge is 2.30. The molecule has 36 heavy (non-hydrogen) atoms. The van der Waals surface area contributed by atoms with E-state index in [0.29, 0.717) is 49.0 Å². The summed E-state index contributed by atoms with van der Waals surface area (Å²) in [6, 6.07) is 4.81. The first-order valence-corrected chi connectivity index (χ1v) is 15.9. The summed E-state index contributed by atoms with van der Waals surface area (Å²) in [7, 11) is 2.01. The van der Waals surface area contributed by atoms with Gasteiger partial charge in [0, 0.05) is 56.9 Å². The zero-order valence-corrected chi connectivity index (χ0v) is 23.0. The molecule has 0 bridgehead atoms. The molecule has 0 atom stereocenters. The third-order valence-electron chi connectivity index (χ3n) is 6.28. The predicted octanol–water partition coefficient (Wildman–Crippen LogP) is 3.90. The average Bonchev–Trinajstić information content (AvgIpc) is 3.22. The molecular weight excluding hydrogens is 478 g/mol. The molecule has 3 aromatic rings. The third kappa shape index (κ3) is 5.46. The molecule has 1 aliphatic heterocycles. The first-order valence-electron chi connectivity index (χ1n) is 12.2. The second kappa shape index (κ2) is 10.8. The summed E-state index contributed by atoms with van der Waals surface area (Å²) in [5.41, 5.74) is 3.82. The van der Waals surface area contributed by atoms with Crippen LogP contribution in [0, 0.1) is 0 Å². The zero-order chi connectivity index (χ0) is 25.9. The Bertz CT molecular complexity index is 1240. The molecule has 0 fully saturated rings. The van der Waals surface area contributed by atoms with Gasteiger partial charge in [0.1, 0.15) is 6.73 Å². The molecule has 2 aromatic heterocycles. The lowest BCUT2D eigenvalue weighted by molar-refractivity contribution is 0.0509. The predicted molar refractivity (Wildman–Crippen MR) is 140 cm³/mol. The molecule has 1 aliphatic rings. The van der Waals surface area contributed by atoms with E-state index in [1.54, 1.807) is 27.3 Å². The second-order valence-corrected chi connectivity index (χ2v) is 15.6. The first kappa shape index (κ1) is 25.9. The van der Waals surface area contributed by atoms with E-state index < -0.39 is 14.0 Å². The molecule has 0 unspecified atom stereocenters. The molecule has 0 aliphatic carbocycles. The fourth-order valence-electron chi connectivity index (χ4n) is 4.32. The van der Waals surface area contributed by atoms with Crippen molar-refractivity contribution in [1.29, 1.82) is 0 Å². The summed E-state index contributed by atoms with van der Waals surface area (Å²) in [6.07, 6.45) is 2.45. The van der Waals surface area contributed by atoms with Crippen LogP contribution in [-0.2, 0) is 29.2 Å². The monoisotopic (exact) mass is 513 g/mol. The highest BCUT2D eigenvalue weighted by molar-refractivity contribution is 6.76. The number of benzene rings is 1. The van der Waals surface area contributed by atoms with Crippen LogP contribution in [0.15, 0.2) is 18.3 Å². The van der Waals surface area contributed by atoms with Crippen molar-refractivity contribution in [2.75, 3.05) is 38.9 Å². The van der Waals surface area contributed by atoms with Gasteiger partial charge in [-0.1, -0.05) is 19.6 Å². The number of hydrogen-bond donors (Lipinski definition) is 0. The molecule has 4 rings (SSSR count). The van der Waals surface area contributed by atoms with Crippen molar-refractivity contribution < 1.29 is 23.7 Å². The Morgan fingerprint density at radius 1 is 1.14 bits per heavy atom. The van der Waals surface area contributed by atoms with Crippen LogP contribution in [0.25, 0.3) is 10.9 Å². The maximum absolute atomic E-state index is 12.8. The van der Waals surface area contributed by atoms with E-state index in [9.17, 15) is 4.79 Å². The molecule has 0 spiro atoms. The summed E-state index contributed by atoms with van der Waals surface area (Å²) >= 11 is 0. The Hall–Kier alpha value is -3.18. The minimum Gasteiger partial charge on any atom is -0.493 e. The highest BCUT2D eigenvalue weighted by atomic mass is 28.3. The van der Waals surface area contributed by atoms with E-state index in [2.05, 4.69) is 39.8 Å². The number of aromatic nitrogens is 4. The lowest BCUT2D eigenvalue weighted by atomic mass is 10.0. The van der Waals surface area contributed by atoms with Crippen molar-refractivity contribution in [3.05, 3.63) is 35.3 Å². The van der Waals surface area contributed by atoms with Crippen molar-refractivity contribution >= 4 is 30.6 Å². The molecule has 11 heteroatoms. The van der Waals surface area contributed by atoms with Crippen LogP contribution in [0.2, 0.25) is 25.7 Å². The molecular formula is C25H35N5O5Si. The van der Waals surface area contributed by atoms with Gasteiger partial charge in [-0.2, -0.15) is 15.3 Å². The SMILES string of the molecule is CCOC(=O)c1nn(COCC[Si](C)(C)C)c2c1CN(c1cnnc3cc(OC)c(OC)cc13)CC2. The van der Waals surface area contributed by atoms with Crippen molar-refractivity contribution in [3.63, 3.8) is 0 Å². The van der Waals surface area contributed by atoms with Crippen molar-refractivity contribution in [3.8, 4) is 11.5 Å². The van der Waals surface area contributed by atoms with Gasteiger partial charge in [0.15, 0.2) is 17.2 Å². The van der Waals surface area contributed by atoms with Gasteiger partial charge >= 0.3 is 5.97 Å². The Morgan fingerprint density at radius 2 is 1.89 bits per heavy atom. The minimum absolute atomic E-state index is 0.289. The van der Waals surface area contributed by atoms with Crippen LogP contribution in [0.4, 0.5) is 5.69 Å². The normalized spacial score (nSPS) is 13.6. The van der Waals surface area contributed by atoms with Gasteiger partial charge in [0.05, 0.1) is 38.2 Å². The van der Waals surface area contributed by atoms with Crippen LogP contribution < -0.4 is 14.4 Å². The number of anilines is 1. The average molecular weight is 514 g/mol. The molecule has 0 radical (unpaired) electrons. The number of methoxy groups -OCH3 is 2. The molecule has 0 saturated carbocycles. The Labute approximate surface area is 212 Å². The number of ether oxygens (including phenoxy) is 4. The maximum Gasteiger partial charge on any atom is 0.359 e. The van der Waals surface area contributed by atoms with E-state index in [-0.39, 0.29) is 6.61 Å². The molecule has 0 amide bonds. The number of esters is 1. The number of nitrogens with zero attached hydrogens (tertiary/aromatic N) is 5. The van der Waals surface area contributed by atoms with Crippen LogP contribution in [0.3, 0.4) is 0 Å². The summed E-state index contributed by atoms with van der Waals surface area (Å²) in [6.45, 7) is 11.3. The third-order valence-corrected chi connectivity index (χ3v) is 7.98. The number of carbonyl (C=O) groups is 1. The van der Waals surface area contributed by atoms with Gasteiger partial charge in [-0.3, -0.25) is 0 Å². The molecule has 3 heterocycles. The van der Waals surface area contributed by atoms with Gasteiger partial charge in [-0.15, -0.1) is 0 Å². The number of fused-ring (bicyclic) bond motifs is 2. The van der Waals surface area contributed by atoms with Gasteiger partial charge < -0.3 is 23.8 Å². The molecule has 10 nitrogen and oxygen atoms in total. The second-order valence-electron chi connectivity index (χ2n) is 9.97. The van der Waals surface area contributed by atoms with Crippen molar-refractivity contribution in [2.45, 2.75) is 52.3 Å². The number of hydrogen-bond acceptors (Lipinski definition) is 9. The summed E-state index contributed by atoms with van der Waals surface area (Å²) < 4.78 is 24.0. The maximum atomic E-state index is 12.8. The summed E-state index contributed by atoms with van der Waals surface area (Å²) in [5, 5.41) is 14.0. The lowest BCUT2D eigenvalue weighted by Gasteiger charge is -2.30. The van der Waals surface area contributed by atoms with Gasteiger partial charge in [-0.25, -0.2) is 9.48 Å². The van der Waals surface area contributed by atoms with Crippen LogP contribution in [0.5, 0.6) is 11.5 Å². The standard InChI is InChI=1S/C25H35N5O5Si/c1-7-35-25(31)24-18-15-29(9-8-20(18)30(28-24)16-34-10-11-36(4,5)6)21-14-26-27-19-13-23(33-3)22(32-2)12-17(19)21/h12-14H,7-11,15-16H2,1-6H3. The van der Waals surface area contributed by atoms with Crippen LogP contribution >= 0.6 is 0 Å². The topological polar surface area (TPSA) is 101 Å². The van der Waals surface area contributed by atoms with E-state index in [1.165, 1.54) is 0 Å². The van der Waals surface area contributed by atoms with Gasteiger partial charge in [0.25, 0.3) is 0 Å². The first-order chi connectivity index (χ1) is 17.3. The van der Waals surface area contributed by atoms with E-state index in [4.69, 9.17) is 18.9 Å². The molecule has 0 N–H and O–H groups in total. The number of carbonyl (C=O) groups excluding carboxylic acids is 1. The number of rotatable bonds is 10. The van der Waals surface area contributed by atoms with Crippen molar-refractivity contribution in [2.24, 2.45) is 0 Å². The highest BCUT2D eigenvalue weighted by Crippen LogP contribution is 2.37. The Morgan fingerprint density at radius 3 is 2.58 bits per heavy atom. The van der Waals surface area contributed by atoms with Crippen LogP contribution in [-0.4, -0.2) is 68.0 Å². The fraction of sp³-hybridized carbons (Fsp3) is 0.520. The van der Waals surface area contributed by atoms with E-state index >= 15 is 0 Å². The lowest BCUT2D eigenvalue weighted by Crippen LogP contribution is -2.32. The van der Waals surface area contributed by atoms with E-state index in [1.807, 2.05) is 16.8 Å². The molecule has 194 valence electrons. The molecule has 1 aromatic carbocycles. The summed E-state index contributed by atoms with van der Waals surface area (Å²) in [4.78, 5) is 15.0. The van der Waals surface area contributed by atoms with Gasteiger partial charge in [0.2, 0.25) is 0 Å².